The van der Waals surface area contributed by atoms with Gasteiger partial charge in [0.2, 0.25) is 0 Å². The molecule has 7 nitrogen and oxygen atoms in total. The molecule has 2 aromatic heterocycles. The zero-order valence-electron chi connectivity index (χ0n) is 18.8. The molecule has 3 atom stereocenters. The van der Waals surface area contributed by atoms with Crippen molar-refractivity contribution in [1.82, 2.24) is 19.7 Å². The smallest absolute Gasteiger partial charge is 0.264 e. The lowest BCUT2D eigenvalue weighted by Gasteiger charge is -2.32. The van der Waals surface area contributed by atoms with Gasteiger partial charge in [0.05, 0.1) is 22.7 Å². The minimum absolute atomic E-state index is 0.182. The Balaban J connectivity index is 1.37. The van der Waals surface area contributed by atoms with Crippen LogP contribution in [0.4, 0.5) is 5.82 Å². The molecule has 6 rings (SSSR count). The van der Waals surface area contributed by atoms with Gasteiger partial charge in [-0.3, -0.25) is 0 Å². The maximum atomic E-state index is 10.5. The zero-order valence-corrected chi connectivity index (χ0v) is 18.8. The summed E-state index contributed by atoms with van der Waals surface area (Å²) in [5.74, 6) is 1.76. The predicted octanol–water partition coefficient (Wildman–Crippen LogP) is 4.10. The third-order valence-corrected chi connectivity index (χ3v) is 8.25. The van der Waals surface area contributed by atoms with Gasteiger partial charge in [-0.2, -0.15) is 5.10 Å². The molecule has 3 aliphatic rings. The Labute approximate surface area is 187 Å². The number of hydrogen-bond donors (Lipinski definition) is 1. The van der Waals surface area contributed by atoms with Crippen molar-refractivity contribution < 1.29 is 5.11 Å². The highest BCUT2D eigenvalue weighted by Gasteiger charge is 2.82. The van der Waals surface area contributed by atoms with Gasteiger partial charge < -0.3 is 14.9 Å². The SMILES string of the molecule is [C-]#[N+][C@@]1(c2ccc3cnn(-c4cc(N5CC[C@H](C(C)(C)O)[C@H]5C)ncn4)c3c2)CC12CC2. The molecule has 0 radical (unpaired) electrons. The number of fused-ring (bicyclic) bond motifs is 1. The summed E-state index contributed by atoms with van der Waals surface area (Å²) < 4.78 is 1.86. The van der Waals surface area contributed by atoms with Gasteiger partial charge in [-0.05, 0) is 46.1 Å². The number of nitrogens with zero attached hydrogens (tertiary/aromatic N) is 6. The number of anilines is 1. The first kappa shape index (κ1) is 19.7. The van der Waals surface area contributed by atoms with Crippen molar-refractivity contribution in [3.63, 3.8) is 0 Å². The van der Waals surface area contributed by atoms with Crippen LogP contribution in [-0.4, -0.2) is 43.0 Å². The lowest BCUT2D eigenvalue weighted by molar-refractivity contribution is 0.0156. The molecule has 1 saturated heterocycles. The van der Waals surface area contributed by atoms with Crippen molar-refractivity contribution in [3.8, 4) is 5.82 Å². The second-order valence-corrected chi connectivity index (χ2v) is 10.5. The van der Waals surface area contributed by atoms with Crippen molar-refractivity contribution in [3.05, 3.63) is 53.8 Å². The molecule has 2 aliphatic carbocycles. The van der Waals surface area contributed by atoms with Gasteiger partial charge in [-0.1, -0.05) is 12.1 Å². The Morgan fingerprint density at radius 1 is 1.19 bits per heavy atom. The summed E-state index contributed by atoms with van der Waals surface area (Å²) in [6.45, 7) is 14.6. The number of rotatable bonds is 4. The third-order valence-electron chi connectivity index (χ3n) is 8.25. The minimum atomic E-state index is -0.723. The van der Waals surface area contributed by atoms with E-state index in [-0.39, 0.29) is 22.9 Å². The summed E-state index contributed by atoms with van der Waals surface area (Å²) in [6, 6.07) is 8.48. The molecular formula is C25H28N6O. The normalized spacial score (nSPS) is 28.3. The Hall–Kier alpha value is -2.98. The van der Waals surface area contributed by atoms with Crippen LogP contribution in [0, 0.1) is 17.9 Å². The van der Waals surface area contributed by atoms with Crippen LogP contribution >= 0.6 is 0 Å². The van der Waals surface area contributed by atoms with E-state index >= 15 is 0 Å². The maximum absolute atomic E-state index is 10.5. The van der Waals surface area contributed by atoms with Gasteiger partial charge in [0.25, 0.3) is 5.54 Å². The molecule has 1 N–H and O–H groups in total. The molecule has 3 heterocycles. The Morgan fingerprint density at radius 2 is 1.97 bits per heavy atom. The Morgan fingerprint density at radius 3 is 2.62 bits per heavy atom. The van der Waals surface area contributed by atoms with Crippen molar-refractivity contribution in [1.29, 1.82) is 0 Å². The molecule has 3 fully saturated rings. The van der Waals surface area contributed by atoms with Crippen LogP contribution in [0.3, 0.4) is 0 Å². The van der Waals surface area contributed by atoms with Gasteiger partial charge >= 0.3 is 0 Å². The number of hydrogen-bond acceptors (Lipinski definition) is 5. The van der Waals surface area contributed by atoms with E-state index in [0.717, 1.165) is 47.5 Å². The van der Waals surface area contributed by atoms with Crippen LogP contribution in [0.1, 0.15) is 52.0 Å². The van der Waals surface area contributed by atoms with E-state index in [1.807, 2.05) is 30.8 Å². The van der Waals surface area contributed by atoms with Gasteiger partial charge in [0.15, 0.2) is 5.82 Å². The summed E-state index contributed by atoms with van der Waals surface area (Å²) in [7, 11) is 0. The average Bonchev–Trinajstić information content (AvgIpc) is 3.57. The Kier molecular flexibility index (Phi) is 3.87. The van der Waals surface area contributed by atoms with E-state index in [1.54, 1.807) is 6.33 Å². The van der Waals surface area contributed by atoms with Crippen LogP contribution in [0.2, 0.25) is 0 Å². The van der Waals surface area contributed by atoms with Crippen LogP contribution in [0.15, 0.2) is 36.8 Å². The molecular weight excluding hydrogens is 400 g/mol. The second-order valence-electron chi connectivity index (χ2n) is 10.5. The fourth-order valence-electron chi connectivity index (χ4n) is 6.09. The molecule has 0 unspecified atom stereocenters. The molecule has 164 valence electrons. The predicted molar refractivity (Wildman–Crippen MR) is 122 cm³/mol. The monoisotopic (exact) mass is 428 g/mol. The first-order chi connectivity index (χ1) is 15.3. The molecule has 7 heteroatoms. The highest BCUT2D eigenvalue weighted by Crippen LogP contribution is 2.79. The molecule has 32 heavy (non-hydrogen) atoms. The van der Waals surface area contributed by atoms with Gasteiger partial charge in [0, 0.05) is 41.9 Å². The molecule has 0 amide bonds. The minimum Gasteiger partial charge on any atom is -0.390 e. The van der Waals surface area contributed by atoms with Crippen molar-refractivity contribution >= 4 is 16.7 Å². The fraction of sp³-hybridized carbons (Fsp3) is 0.520. The van der Waals surface area contributed by atoms with Crippen LogP contribution in [-0.2, 0) is 5.54 Å². The lowest BCUT2D eigenvalue weighted by Crippen LogP contribution is -2.40. The quantitative estimate of drug-likeness (QED) is 0.634. The zero-order chi connectivity index (χ0) is 22.3. The highest BCUT2D eigenvalue weighted by atomic mass is 16.3. The lowest BCUT2D eigenvalue weighted by atomic mass is 9.85. The van der Waals surface area contributed by atoms with E-state index in [0.29, 0.717) is 0 Å². The molecule has 1 aliphatic heterocycles. The largest absolute Gasteiger partial charge is 0.390 e. The van der Waals surface area contributed by atoms with Crippen LogP contribution in [0.25, 0.3) is 21.6 Å². The maximum Gasteiger partial charge on any atom is 0.264 e. The standard InChI is InChI=1S/C25H28N6O/c1-16-19(23(2,3)32)7-10-30(16)21-12-22(28-15-27-21)31-20-11-18(6-5-17(20)13-29-31)25(26-4)14-24(25)8-9-24/h5-6,11-13,15-16,19,32H,7-10,14H2,1-3H3/t16-,19+,25-/m1/s1. The summed E-state index contributed by atoms with van der Waals surface area (Å²) in [6.07, 6.45) is 7.69. The molecule has 2 saturated carbocycles. The van der Waals surface area contributed by atoms with E-state index in [1.165, 1.54) is 12.8 Å². The number of aliphatic hydroxyl groups is 1. The van der Waals surface area contributed by atoms with Crippen molar-refractivity contribution in [2.45, 2.75) is 63.6 Å². The average molecular weight is 429 g/mol. The van der Waals surface area contributed by atoms with E-state index in [4.69, 9.17) is 6.57 Å². The summed E-state index contributed by atoms with van der Waals surface area (Å²) in [5.41, 5.74) is 1.25. The third kappa shape index (κ3) is 2.65. The number of benzene rings is 1. The summed E-state index contributed by atoms with van der Waals surface area (Å²) in [5, 5.41) is 16.2. The van der Waals surface area contributed by atoms with Gasteiger partial charge in [0.1, 0.15) is 12.1 Å². The first-order valence-electron chi connectivity index (χ1n) is 11.5. The molecule has 0 bridgehead atoms. The summed E-state index contributed by atoms with van der Waals surface area (Å²) >= 11 is 0. The highest BCUT2D eigenvalue weighted by molar-refractivity contribution is 5.81. The second kappa shape index (κ2) is 6.29. The van der Waals surface area contributed by atoms with Gasteiger partial charge in [-0.15, -0.1) is 0 Å². The van der Waals surface area contributed by atoms with Crippen LogP contribution < -0.4 is 4.90 Å². The molecule has 1 spiro atoms. The fourth-order valence-corrected chi connectivity index (χ4v) is 6.09. The summed E-state index contributed by atoms with van der Waals surface area (Å²) in [4.78, 5) is 15.4. The number of aromatic nitrogens is 4. The van der Waals surface area contributed by atoms with E-state index in [2.05, 4.69) is 49.9 Å². The van der Waals surface area contributed by atoms with E-state index < -0.39 is 5.60 Å². The van der Waals surface area contributed by atoms with Crippen molar-refractivity contribution in [2.24, 2.45) is 11.3 Å². The van der Waals surface area contributed by atoms with Crippen LogP contribution in [0.5, 0.6) is 0 Å². The Bertz CT molecular complexity index is 1260. The molecule has 1 aromatic carbocycles. The van der Waals surface area contributed by atoms with Crippen molar-refractivity contribution in [2.75, 3.05) is 11.4 Å². The van der Waals surface area contributed by atoms with E-state index in [9.17, 15) is 5.11 Å². The van der Waals surface area contributed by atoms with Gasteiger partial charge in [-0.25, -0.2) is 21.2 Å². The molecule has 3 aromatic rings. The first-order valence-corrected chi connectivity index (χ1v) is 11.5. The topological polar surface area (TPSA) is 71.4 Å².